The molecule has 0 unspecified atom stereocenters. The minimum atomic E-state index is 0.564. The Morgan fingerprint density at radius 3 is 1.43 bits per heavy atom. The zero-order valence-electron chi connectivity index (χ0n) is 14.9. The van der Waals surface area contributed by atoms with Crippen LogP contribution in [0.4, 0.5) is 11.4 Å². The van der Waals surface area contributed by atoms with Gasteiger partial charge in [-0.15, -0.1) is 0 Å². The summed E-state index contributed by atoms with van der Waals surface area (Å²) in [6.45, 7) is 1.13. The lowest BCUT2D eigenvalue weighted by Gasteiger charge is -2.10. The number of aromatic nitrogens is 2. The van der Waals surface area contributed by atoms with E-state index in [-0.39, 0.29) is 0 Å². The second-order valence-electron chi connectivity index (χ2n) is 6.31. The number of anilines is 2. The first kappa shape index (κ1) is 18.9. The first-order valence-corrected chi connectivity index (χ1v) is 9.95. The number of hydrogen-bond acceptors (Lipinski definition) is 3. The summed E-state index contributed by atoms with van der Waals surface area (Å²) in [5.41, 5.74) is 4.13. The van der Waals surface area contributed by atoms with Gasteiger partial charge in [-0.05, 0) is 72.9 Å². The fourth-order valence-electron chi connectivity index (χ4n) is 3.05. The Bertz CT molecular complexity index is 1060. The molecule has 0 aliphatic carbocycles. The highest BCUT2D eigenvalue weighted by Crippen LogP contribution is 2.20. The van der Waals surface area contributed by atoms with Crippen molar-refractivity contribution in [3.05, 3.63) is 87.6 Å². The van der Waals surface area contributed by atoms with Crippen LogP contribution in [0.25, 0.3) is 11.0 Å². The number of halogens is 2. The van der Waals surface area contributed by atoms with Gasteiger partial charge in [0.2, 0.25) is 0 Å². The van der Waals surface area contributed by atoms with E-state index in [1.165, 1.54) is 0 Å². The highest BCUT2D eigenvalue weighted by molar-refractivity contribution is 7.71. The van der Waals surface area contributed by atoms with E-state index in [4.69, 9.17) is 35.4 Å². The summed E-state index contributed by atoms with van der Waals surface area (Å²) in [4.78, 5) is 0. The summed E-state index contributed by atoms with van der Waals surface area (Å²) >= 11 is 17.7. The Morgan fingerprint density at radius 1 is 0.643 bits per heavy atom. The van der Waals surface area contributed by atoms with E-state index in [9.17, 15) is 0 Å². The quantitative estimate of drug-likeness (QED) is 0.338. The van der Waals surface area contributed by atoms with E-state index < -0.39 is 0 Å². The van der Waals surface area contributed by atoms with Gasteiger partial charge in [-0.2, -0.15) is 0 Å². The molecule has 1 aromatic heterocycles. The molecule has 2 N–H and O–H groups in total. The highest BCUT2D eigenvalue weighted by atomic mass is 35.5. The summed E-state index contributed by atoms with van der Waals surface area (Å²) in [5.74, 6) is 0. The highest BCUT2D eigenvalue weighted by Gasteiger charge is 2.10. The Labute approximate surface area is 178 Å². The minimum absolute atomic E-state index is 0.564. The van der Waals surface area contributed by atoms with E-state index >= 15 is 0 Å². The summed E-state index contributed by atoms with van der Waals surface area (Å²) in [6.07, 6.45) is 0. The van der Waals surface area contributed by atoms with E-state index in [1.807, 2.05) is 60.7 Å². The number of nitrogens with zero attached hydrogens (tertiary/aromatic N) is 2. The van der Waals surface area contributed by atoms with Gasteiger partial charge in [-0.25, -0.2) is 0 Å². The van der Waals surface area contributed by atoms with Crippen LogP contribution in [0.1, 0.15) is 0 Å². The molecule has 0 saturated heterocycles. The fraction of sp³-hybridized carbons (Fsp3) is 0.0952. The molecule has 3 aromatic carbocycles. The van der Waals surface area contributed by atoms with Crippen LogP contribution in [0, 0.1) is 4.77 Å². The third-order valence-corrected chi connectivity index (χ3v) is 5.44. The standard InChI is InChI=1S/C21H18Cl2N4S/c22-15-5-9-17(10-6-15)24-13-26-19-3-1-2-4-20(19)27(21(26)28)14-25-18-11-7-16(23)8-12-18/h1-12,24-25H,13-14H2. The van der Waals surface area contributed by atoms with Crippen molar-refractivity contribution >= 4 is 57.8 Å². The van der Waals surface area contributed by atoms with Crippen LogP contribution in [0.2, 0.25) is 10.0 Å². The first-order chi connectivity index (χ1) is 13.6. The van der Waals surface area contributed by atoms with Gasteiger partial charge in [-0.3, -0.25) is 9.13 Å². The minimum Gasteiger partial charge on any atom is -0.367 e. The van der Waals surface area contributed by atoms with Crippen LogP contribution >= 0.6 is 35.4 Å². The zero-order chi connectivity index (χ0) is 19.5. The van der Waals surface area contributed by atoms with E-state index in [0.717, 1.165) is 27.2 Å². The molecule has 1 heterocycles. The molecular weight excluding hydrogens is 411 g/mol. The van der Waals surface area contributed by atoms with Crippen molar-refractivity contribution in [1.82, 2.24) is 9.13 Å². The Balaban J connectivity index is 1.60. The van der Waals surface area contributed by atoms with Crippen molar-refractivity contribution < 1.29 is 0 Å². The molecule has 4 nitrogen and oxygen atoms in total. The number of hydrogen-bond donors (Lipinski definition) is 2. The van der Waals surface area contributed by atoms with Gasteiger partial charge in [0.05, 0.1) is 24.4 Å². The summed E-state index contributed by atoms with van der Waals surface area (Å²) in [6, 6.07) is 23.5. The molecule has 0 aliphatic rings. The molecule has 4 aromatic rings. The van der Waals surface area contributed by atoms with Gasteiger partial charge in [-0.1, -0.05) is 35.3 Å². The van der Waals surface area contributed by atoms with Crippen molar-refractivity contribution in [1.29, 1.82) is 0 Å². The lowest BCUT2D eigenvalue weighted by molar-refractivity contribution is 0.710. The number of fused-ring (bicyclic) bond motifs is 1. The summed E-state index contributed by atoms with van der Waals surface area (Å²) < 4.78 is 4.91. The smallest absolute Gasteiger partial charge is 0.183 e. The lowest BCUT2D eigenvalue weighted by Crippen LogP contribution is -2.11. The van der Waals surface area contributed by atoms with Crippen molar-refractivity contribution in [3.8, 4) is 0 Å². The van der Waals surface area contributed by atoms with Crippen LogP contribution in [0.3, 0.4) is 0 Å². The summed E-state index contributed by atoms with van der Waals surface area (Å²) in [5, 5.41) is 8.24. The second kappa shape index (κ2) is 8.27. The predicted molar refractivity (Wildman–Crippen MR) is 121 cm³/mol. The molecule has 142 valence electrons. The monoisotopic (exact) mass is 428 g/mol. The van der Waals surface area contributed by atoms with Gasteiger partial charge in [0.1, 0.15) is 0 Å². The molecule has 0 amide bonds. The molecular formula is C21H18Cl2N4S. The largest absolute Gasteiger partial charge is 0.367 e. The number of rotatable bonds is 6. The Morgan fingerprint density at radius 2 is 1.04 bits per heavy atom. The van der Waals surface area contributed by atoms with Gasteiger partial charge in [0, 0.05) is 21.4 Å². The van der Waals surface area contributed by atoms with Crippen LogP contribution in [-0.2, 0) is 13.3 Å². The molecule has 28 heavy (non-hydrogen) atoms. The lowest BCUT2D eigenvalue weighted by atomic mass is 10.3. The van der Waals surface area contributed by atoms with E-state index in [2.05, 4.69) is 31.9 Å². The molecule has 0 bridgehead atoms. The fourth-order valence-corrected chi connectivity index (χ4v) is 3.63. The number of benzene rings is 3. The van der Waals surface area contributed by atoms with Crippen LogP contribution in [-0.4, -0.2) is 9.13 Å². The van der Waals surface area contributed by atoms with Crippen molar-refractivity contribution in [2.24, 2.45) is 0 Å². The zero-order valence-corrected chi connectivity index (χ0v) is 17.2. The third-order valence-electron chi connectivity index (χ3n) is 4.50. The molecule has 0 aliphatic heterocycles. The summed E-state index contributed by atoms with van der Waals surface area (Å²) in [7, 11) is 0. The number of para-hydroxylation sites is 2. The second-order valence-corrected chi connectivity index (χ2v) is 7.55. The Hall–Kier alpha value is -2.47. The molecule has 0 spiro atoms. The molecule has 0 atom stereocenters. The Kier molecular flexibility index (Phi) is 5.57. The van der Waals surface area contributed by atoms with Gasteiger partial charge < -0.3 is 10.6 Å². The van der Waals surface area contributed by atoms with Crippen LogP contribution in [0.5, 0.6) is 0 Å². The van der Waals surface area contributed by atoms with Crippen molar-refractivity contribution in [3.63, 3.8) is 0 Å². The third kappa shape index (κ3) is 4.02. The maximum absolute atomic E-state index is 5.96. The number of imidazole rings is 1. The molecule has 0 saturated carbocycles. The van der Waals surface area contributed by atoms with E-state index in [1.54, 1.807) is 0 Å². The first-order valence-electron chi connectivity index (χ1n) is 8.79. The topological polar surface area (TPSA) is 33.9 Å². The van der Waals surface area contributed by atoms with Gasteiger partial charge in [0.15, 0.2) is 4.77 Å². The molecule has 0 fully saturated rings. The molecule has 7 heteroatoms. The van der Waals surface area contributed by atoms with Gasteiger partial charge in [0.25, 0.3) is 0 Å². The number of nitrogens with one attached hydrogen (secondary N) is 2. The molecule has 0 radical (unpaired) electrons. The maximum atomic E-state index is 5.96. The van der Waals surface area contributed by atoms with E-state index in [0.29, 0.717) is 23.4 Å². The average molecular weight is 429 g/mol. The van der Waals surface area contributed by atoms with Crippen LogP contribution in [0.15, 0.2) is 72.8 Å². The maximum Gasteiger partial charge on any atom is 0.183 e. The van der Waals surface area contributed by atoms with Crippen molar-refractivity contribution in [2.75, 3.05) is 10.6 Å². The SMILES string of the molecule is S=c1n(CNc2ccc(Cl)cc2)c2ccccc2n1CNc1ccc(Cl)cc1. The molecule has 4 rings (SSSR count). The normalized spacial score (nSPS) is 10.9. The average Bonchev–Trinajstić information content (AvgIpc) is 2.98. The van der Waals surface area contributed by atoms with Crippen molar-refractivity contribution in [2.45, 2.75) is 13.3 Å². The predicted octanol–water partition coefficient (Wildman–Crippen LogP) is 6.62. The van der Waals surface area contributed by atoms with Gasteiger partial charge >= 0.3 is 0 Å². The van der Waals surface area contributed by atoms with Crippen LogP contribution < -0.4 is 10.6 Å².